The second-order valence-corrected chi connectivity index (χ2v) is 6.05. The van der Waals surface area contributed by atoms with Gasteiger partial charge in [-0.05, 0) is 45.8 Å². The molecule has 1 aromatic heterocycles. The van der Waals surface area contributed by atoms with Crippen LogP contribution in [0.2, 0.25) is 0 Å². The molecule has 0 unspecified atom stereocenters. The van der Waals surface area contributed by atoms with Crippen molar-refractivity contribution in [3.8, 4) is 5.88 Å². The average molecular weight is 294 g/mol. The highest BCUT2D eigenvalue weighted by molar-refractivity contribution is 5.30. The van der Waals surface area contributed by atoms with Gasteiger partial charge >= 0.3 is 0 Å². The number of nitrogens with zero attached hydrogens (tertiary/aromatic N) is 3. The summed E-state index contributed by atoms with van der Waals surface area (Å²) >= 11 is 0. The first-order valence-electron chi connectivity index (χ1n) is 8.17. The Hall–Kier alpha value is -1.07. The fraction of sp³-hybridized carbons (Fsp3) is 0.812. The first kappa shape index (κ1) is 16.3. The minimum absolute atomic E-state index is 0.618. The normalized spacial score (nSPS) is 17.3. The third-order valence-corrected chi connectivity index (χ3v) is 4.47. The van der Waals surface area contributed by atoms with Gasteiger partial charge in [0.2, 0.25) is 5.88 Å². The van der Waals surface area contributed by atoms with E-state index in [4.69, 9.17) is 4.74 Å². The van der Waals surface area contributed by atoms with Gasteiger partial charge in [0.25, 0.3) is 0 Å². The Labute approximate surface area is 128 Å². The summed E-state index contributed by atoms with van der Waals surface area (Å²) in [6.45, 7) is 8.87. The van der Waals surface area contributed by atoms with Gasteiger partial charge in [-0.1, -0.05) is 13.3 Å². The molecular formula is C16H30N4O. The summed E-state index contributed by atoms with van der Waals surface area (Å²) in [6, 6.07) is 0.618. The zero-order valence-corrected chi connectivity index (χ0v) is 14.0. The Morgan fingerprint density at radius 2 is 2.05 bits per heavy atom. The van der Waals surface area contributed by atoms with E-state index in [1.54, 1.807) is 7.11 Å². The highest BCUT2D eigenvalue weighted by Gasteiger charge is 2.20. The van der Waals surface area contributed by atoms with E-state index in [0.717, 1.165) is 18.1 Å². The average Bonchev–Trinajstić information content (AvgIpc) is 2.77. The van der Waals surface area contributed by atoms with Gasteiger partial charge in [-0.2, -0.15) is 5.10 Å². The molecule has 1 fully saturated rings. The van der Waals surface area contributed by atoms with E-state index in [-0.39, 0.29) is 0 Å². The van der Waals surface area contributed by atoms with Crippen LogP contribution in [0.5, 0.6) is 5.88 Å². The number of hydrogen-bond acceptors (Lipinski definition) is 4. The number of rotatable bonds is 7. The Bertz CT molecular complexity index is 436. The van der Waals surface area contributed by atoms with Crippen molar-refractivity contribution in [2.24, 2.45) is 7.05 Å². The summed E-state index contributed by atoms with van der Waals surface area (Å²) in [5, 5.41) is 8.12. The van der Waals surface area contributed by atoms with E-state index in [2.05, 4.69) is 22.2 Å². The van der Waals surface area contributed by atoms with E-state index in [1.807, 2.05) is 18.7 Å². The molecule has 0 spiro atoms. The van der Waals surface area contributed by atoms with Crippen LogP contribution >= 0.6 is 0 Å². The van der Waals surface area contributed by atoms with Gasteiger partial charge in [0, 0.05) is 19.6 Å². The van der Waals surface area contributed by atoms with Crippen molar-refractivity contribution < 1.29 is 4.74 Å². The number of piperidine rings is 1. The van der Waals surface area contributed by atoms with Crippen LogP contribution in [0.1, 0.15) is 43.9 Å². The molecule has 1 N–H and O–H groups in total. The fourth-order valence-electron chi connectivity index (χ4n) is 3.13. The van der Waals surface area contributed by atoms with Gasteiger partial charge in [0.05, 0.1) is 18.4 Å². The maximum atomic E-state index is 5.45. The molecule has 120 valence electrons. The molecule has 0 aromatic carbocycles. The van der Waals surface area contributed by atoms with E-state index in [0.29, 0.717) is 6.04 Å². The molecule has 5 heteroatoms. The Morgan fingerprint density at radius 3 is 2.67 bits per heavy atom. The molecule has 21 heavy (non-hydrogen) atoms. The SMILES string of the molecule is CCCCN1CCC(NCc2c(C)nn(C)c2OC)CC1. The largest absolute Gasteiger partial charge is 0.481 e. The molecule has 2 rings (SSSR count). The van der Waals surface area contributed by atoms with Crippen LogP contribution in [-0.4, -0.2) is 47.5 Å². The van der Waals surface area contributed by atoms with E-state index < -0.39 is 0 Å². The van der Waals surface area contributed by atoms with Crippen LogP contribution in [0.4, 0.5) is 0 Å². The standard InChI is InChI=1S/C16H30N4O/c1-5-6-9-20-10-7-14(8-11-20)17-12-15-13(2)18-19(3)16(15)21-4/h14,17H,5-12H2,1-4H3. The number of unbranched alkanes of at least 4 members (excludes halogenated alkanes) is 1. The molecule has 0 amide bonds. The smallest absolute Gasteiger partial charge is 0.216 e. The van der Waals surface area contributed by atoms with Crippen molar-refractivity contribution in [3.05, 3.63) is 11.3 Å². The van der Waals surface area contributed by atoms with E-state index in [9.17, 15) is 0 Å². The van der Waals surface area contributed by atoms with Crippen molar-refractivity contribution in [2.75, 3.05) is 26.7 Å². The second kappa shape index (κ2) is 7.80. The Balaban J connectivity index is 1.80. The van der Waals surface area contributed by atoms with Gasteiger partial charge in [-0.3, -0.25) is 0 Å². The van der Waals surface area contributed by atoms with Crippen molar-refractivity contribution in [1.29, 1.82) is 0 Å². The van der Waals surface area contributed by atoms with Crippen LogP contribution in [0.15, 0.2) is 0 Å². The van der Waals surface area contributed by atoms with E-state index in [1.165, 1.54) is 50.9 Å². The quantitative estimate of drug-likeness (QED) is 0.836. The number of methoxy groups -OCH3 is 1. The molecule has 1 aliphatic rings. The zero-order valence-electron chi connectivity index (χ0n) is 14.0. The lowest BCUT2D eigenvalue weighted by Gasteiger charge is -2.32. The molecule has 0 radical (unpaired) electrons. The minimum Gasteiger partial charge on any atom is -0.481 e. The number of aryl methyl sites for hydroxylation is 2. The number of hydrogen-bond donors (Lipinski definition) is 1. The van der Waals surface area contributed by atoms with Gasteiger partial charge < -0.3 is 15.0 Å². The Kier molecular flexibility index (Phi) is 6.06. The first-order valence-corrected chi connectivity index (χ1v) is 8.17. The predicted molar refractivity (Wildman–Crippen MR) is 85.7 cm³/mol. The van der Waals surface area contributed by atoms with Crippen LogP contribution in [0.25, 0.3) is 0 Å². The predicted octanol–water partition coefficient (Wildman–Crippen LogP) is 2.09. The molecule has 0 saturated carbocycles. The van der Waals surface area contributed by atoms with Gasteiger partial charge in [-0.15, -0.1) is 0 Å². The lowest BCUT2D eigenvalue weighted by molar-refractivity contribution is 0.194. The first-order chi connectivity index (χ1) is 10.2. The summed E-state index contributed by atoms with van der Waals surface area (Å²) in [4.78, 5) is 2.59. The van der Waals surface area contributed by atoms with Crippen molar-refractivity contribution in [1.82, 2.24) is 20.0 Å². The third-order valence-electron chi connectivity index (χ3n) is 4.47. The Morgan fingerprint density at radius 1 is 1.33 bits per heavy atom. The molecule has 0 atom stereocenters. The van der Waals surface area contributed by atoms with Crippen LogP contribution in [0.3, 0.4) is 0 Å². The highest BCUT2D eigenvalue weighted by Crippen LogP contribution is 2.21. The molecule has 1 aromatic rings. The number of aromatic nitrogens is 2. The molecule has 1 saturated heterocycles. The maximum Gasteiger partial charge on any atom is 0.216 e. The van der Waals surface area contributed by atoms with Gasteiger partial charge in [0.15, 0.2) is 0 Å². The van der Waals surface area contributed by atoms with Crippen LogP contribution in [-0.2, 0) is 13.6 Å². The molecule has 5 nitrogen and oxygen atoms in total. The van der Waals surface area contributed by atoms with E-state index >= 15 is 0 Å². The lowest BCUT2D eigenvalue weighted by atomic mass is 10.0. The number of nitrogens with one attached hydrogen (secondary N) is 1. The summed E-state index contributed by atoms with van der Waals surface area (Å²) < 4.78 is 7.27. The number of ether oxygens (including phenoxy) is 1. The number of likely N-dealkylation sites (tertiary alicyclic amines) is 1. The van der Waals surface area contributed by atoms with Crippen molar-refractivity contribution >= 4 is 0 Å². The topological polar surface area (TPSA) is 42.3 Å². The third kappa shape index (κ3) is 4.20. The van der Waals surface area contributed by atoms with Gasteiger partial charge in [-0.25, -0.2) is 4.68 Å². The fourth-order valence-corrected chi connectivity index (χ4v) is 3.13. The van der Waals surface area contributed by atoms with Crippen molar-refractivity contribution in [2.45, 2.75) is 52.1 Å². The molecule has 0 bridgehead atoms. The zero-order chi connectivity index (χ0) is 15.2. The maximum absolute atomic E-state index is 5.45. The van der Waals surface area contributed by atoms with Crippen molar-refractivity contribution in [3.63, 3.8) is 0 Å². The molecule has 2 heterocycles. The summed E-state index contributed by atoms with van der Waals surface area (Å²) in [7, 11) is 3.65. The van der Waals surface area contributed by atoms with Crippen LogP contribution in [0, 0.1) is 6.92 Å². The molecule has 1 aliphatic heterocycles. The monoisotopic (exact) mass is 294 g/mol. The molecular weight excluding hydrogens is 264 g/mol. The van der Waals surface area contributed by atoms with Crippen LogP contribution < -0.4 is 10.1 Å². The van der Waals surface area contributed by atoms with Gasteiger partial charge in [0.1, 0.15) is 0 Å². The molecule has 0 aliphatic carbocycles. The summed E-state index contributed by atoms with van der Waals surface area (Å²) in [5.41, 5.74) is 2.25. The summed E-state index contributed by atoms with van der Waals surface area (Å²) in [6.07, 6.45) is 5.10. The lowest BCUT2D eigenvalue weighted by Crippen LogP contribution is -2.42. The highest BCUT2D eigenvalue weighted by atomic mass is 16.5. The summed E-state index contributed by atoms with van der Waals surface area (Å²) in [5.74, 6) is 0.875. The minimum atomic E-state index is 0.618. The second-order valence-electron chi connectivity index (χ2n) is 6.05.